The highest BCUT2D eigenvalue weighted by atomic mass is 19.2. The number of hydrogen-bond acceptors (Lipinski definition) is 9. The van der Waals surface area contributed by atoms with Crippen molar-refractivity contribution in [3.05, 3.63) is 72.1 Å². The quantitative estimate of drug-likeness (QED) is 0.317. The summed E-state index contributed by atoms with van der Waals surface area (Å²) in [4.78, 5) is 37.4. The number of alkyl halides is 1. The minimum Gasteiger partial charge on any atom is -0.484 e. The van der Waals surface area contributed by atoms with Crippen LogP contribution < -0.4 is 15.0 Å². The van der Waals surface area contributed by atoms with Crippen LogP contribution in [0.4, 0.5) is 28.7 Å². The van der Waals surface area contributed by atoms with Crippen LogP contribution in [0.2, 0.25) is 0 Å². The van der Waals surface area contributed by atoms with Gasteiger partial charge in [-0.25, -0.2) is 32.7 Å². The number of allylic oxidation sites excluding steroid dienone is 4. The monoisotopic (exact) mass is 689 g/mol. The molecule has 0 spiro atoms. The van der Waals surface area contributed by atoms with Crippen LogP contribution in [0.15, 0.2) is 66.5 Å². The van der Waals surface area contributed by atoms with Gasteiger partial charge < -0.3 is 34.1 Å². The summed E-state index contributed by atoms with van der Waals surface area (Å²) in [5.74, 6) is -0.574. The number of methoxy groups -OCH3 is 1. The van der Waals surface area contributed by atoms with E-state index >= 15 is 0 Å². The number of nitrogens with zero attached hydrogens (tertiary/aromatic N) is 4. The number of hydrogen-bond donors (Lipinski definition) is 1. The van der Waals surface area contributed by atoms with Gasteiger partial charge in [0, 0.05) is 45.6 Å². The van der Waals surface area contributed by atoms with E-state index in [1.807, 2.05) is 56.0 Å². The summed E-state index contributed by atoms with van der Waals surface area (Å²) in [7, 11) is 1.65. The van der Waals surface area contributed by atoms with Crippen LogP contribution in [-0.2, 0) is 20.8 Å². The van der Waals surface area contributed by atoms with E-state index in [0.717, 1.165) is 43.5 Å². The van der Waals surface area contributed by atoms with E-state index in [2.05, 4.69) is 15.3 Å². The van der Waals surface area contributed by atoms with Gasteiger partial charge in [-0.3, -0.25) is 0 Å². The number of alkyl carbamates (subject to hydrolysis) is 1. The van der Waals surface area contributed by atoms with E-state index in [0.29, 0.717) is 37.9 Å². The van der Waals surface area contributed by atoms with E-state index in [1.165, 1.54) is 0 Å². The third-order valence-corrected chi connectivity index (χ3v) is 8.04. The van der Waals surface area contributed by atoms with Gasteiger partial charge in [-0.2, -0.15) is 0 Å². The van der Waals surface area contributed by atoms with E-state index < -0.39 is 35.9 Å². The van der Waals surface area contributed by atoms with Crippen LogP contribution in [0, 0.1) is 5.92 Å². The Labute approximate surface area is 285 Å². The number of carbonyl (C=O) groups excluding carboxylic acids is 2. The fourth-order valence-electron chi connectivity index (χ4n) is 5.55. The number of anilines is 1. The molecule has 2 aliphatic heterocycles. The number of ether oxygens (including phenoxy) is 4. The molecule has 3 aliphatic rings. The molecule has 1 aliphatic carbocycles. The van der Waals surface area contributed by atoms with Gasteiger partial charge >= 0.3 is 12.2 Å². The van der Waals surface area contributed by atoms with Crippen LogP contribution in [0.1, 0.15) is 52.0 Å². The minimum atomic E-state index is -1.36. The third kappa shape index (κ3) is 12.3. The highest BCUT2D eigenvalue weighted by molar-refractivity contribution is 5.68. The van der Waals surface area contributed by atoms with Crippen molar-refractivity contribution in [1.29, 1.82) is 0 Å². The summed E-state index contributed by atoms with van der Waals surface area (Å²) in [5.41, 5.74) is 0.433. The number of benzene rings is 1. The fourth-order valence-corrected chi connectivity index (χ4v) is 5.55. The van der Waals surface area contributed by atoms with Crippen molar-refractivity contribution in [3.8, 4) is 5.75 Å². The van der Waals surface area contributed by atoms with Gasteiger partial charge in [0.1, 0.15) is 30.3 Å². The second-order valence-electron chi connectivity index (χ2n) is 13.1. The first-order chi connectivity index (χ1) is 23.4. The summed E-state index contributed by atoms with van der Waals surface area (Å²) in [6.07, 6.45) is 4.82. The predicted molar refractivity (Wildman–Crippen MR) is 177 cm³/mol. The topological polar surface area (TPSA) is 115 Å². The molecule has 2 fully saturated rings. The van der Waals surface area contributed by atoms with Crippen molar-refractivity contribution in [2.75, 3.05) is 44.8 Å². The standard InChI is InChI=1S/C29H41N5O6.C6H5F3/c1-29(2,3)40-27(35)32-23-12-15-34(18-23)26-30-16-24(17-31-26)39-25(20-37-4)22-10-13-33(14-11-22)28(36)38-19-21-8-6-5-7-9-21;7-4-1-2-5(8)6(9)3-4/h5-9,16-17,22-23,25H,10-15,18-20H2,1-4H3,(H,32,35);1-2,4H,3H2. The van der Waals surface area contributed by atoms with Gasteiger partial charge in [0.15, 0.2) is 11.6 Å². The zero-order chi connectivity index (χ0) is 35.4. The average Bonchev–Trinajstić information content (AvgIpc) is 3.54. The molecular formula is C35H46F3N5O6. The van der Waals surface area contributed by atoms with Crippen LogP contribution in [0.5, 0.6) is 5.75 Å². The summed E-state index contributed by atoms with van der Waals surface area (Å²) in [5, 5.41) is 2.92. The van der Waals surface area contributed by atoms with Crippen molar-refractivity contribution in [2.45, 2.75) is 77.0 Å². The average molecular weight is 690 g/mol. The van der Waals surface area contributed by atoms with Crippen molar-refractivity contribution >= 4 is 18.1 Å². The Balaban J connectivity index is 0.000000520. The molecule has 11 nitrogen and oxygen atoms in total. The normalized spacial score (nSPS) is 20.3. The highest BCUT2D eigenvalue weighted by Crippen LogP contribution is 2.26. The third-order valence-electron chi connectivity index (χ3n) is 8.04. The number of piperidine rings is 1. The number of nitrogens with one attached hydrogen (secondary N) is 1. The Morgan fingerprint density at radius 1 is 1.04 bits per heavy atom. The summed E-state index contributed by atoms with van der Waals surface area (Å²) in [6, 6.07) is 9.64. The van der Waals surface area contributed by atoms with Gasteiger partial charge in [-0.1, -0.05) is 30.3 Å². The smallest absolute Gasteiger partial charge is 0.410 e. The van der Waals surface area contributed by atoms with Gasteiger partial charge in [-0.05, 0) is 57.7 Å². The maximum atomic E-state index is 12.5. The molecule has 0 bridgehead atoms. The molecule has 2 aromatic rings. The van der Waals surface area contributed by atoms with Crippen LogP contribution in [-0.4, -0.2) is 90.9 Å². The van der Waals surface area contributed by atoms with E-state index in [1.54, 1.807) is 24.4 Å². The molecule has 2 saturated heterocycles. The number of likely N-dealkylation sites (tertiary alicyclic amines) is 1. The van der Waals surface area contributed by atoms with Gasteiger partial charge in [0.25, 0.3) is 0 Å². The number of aromatic nitrogens is 2. The number of rotatable bonds is 9. The van der Waals surface area contributed by atoms with Crippen molar-refractivity contribution in [2.24, 2.45) is 5.92 Å². The zero-order valence-corrected chi connectivity index (χ0v) is 28.4. The first-order valence-electron chi connectivity index (χ1n) is 16.4. The molecule has 2 amide bonds. The van der Waals surface area contributed by atoms with E-state index in [9.17, 15) is 22.8 Å². The summed E-state index contributed by atoms with van der Waals surface area (Å²) >= 11 is 0. The number of amides is 2. The van der Waals surface area contributed by atoms with Crippen LogP contribution in [0.25, 0.3) is 0 Å². The molecule has 1 aromatic carbocycles. The lowest BCUT2D eigenvalue weighted by molar-refractivity contribution is 0.0150. The number of carbonyl (C=O) groups is 2. The van der Waals surface area contributed by atoms with Gasteiger partial charge in [0.05, 0.1) is 25.0 Å². The molecule has 268 valence electrons. The fraction of sp³-hybridized carbons (Fsp3) is 0.543. The zero-order valence-electron chi connectivity index (χ0n) is 28.4. The highest BCUT2D eigenvalue weighted by Gasteiger charge is 2.31. The molecule has 14 heteroatoms. The number of halogens is 3. The Kier molecular flexibility index (Phi) is 13.7. The Morgan fingerprint density at radius 2 is 1.73 bits per heavy atom. The molecule has 3 heterocycles. The predicted octanol–water partition coefficient (Wildman–Crippen LogP) is 6.46. The van der Waals surface area contributed by atoms with Gasteiger partial charge in [-0.15, -0.1) is 0 Å². The van der Waals surface area contributed by atoms with Gasteiger partial charge in [0.2, 0.25) is 5.95 Å². The van der Waals surface area contributed by atoms with Crippen molar-refractivity contribution in [3.63, 3.8) is 0 Å². The minimum absolute atomic E-state index is 0.0260. The van der Waals surface area contributed by atoms with E-state index in [-0.39, 0.29) is 30.8 Å². The summed E-state index contributed by atoms with van der Waals surface area (Å²) in [6.45, 7) is 8.77. The second kappa shape index (κ2) is 17.9. The molecule has 5 rings (SSSR count). The lowest BCUT2D eigenvalue weighted by Crippen LogP contribution is -2.44. The molecule has 3 atom stereocenters. The Bertz CT molecular complexity index is 1420. The largest absolute Gasteiger partial charge is 0.484 e. The molecule has 1 aromatic heterocycles. The second-order valence-corrected chi connectivity index (χ2v) is 13.1. The lowest BCUT2D eigenvalue weighted by atomic mass is 9.91. The molecule has 3 unspecified atom stereocenters. The SMILES string of the molecule is COCC(Oc1cnc(N2CCC(NC(=O)OC(C)(C)C)C2)nc1)C1CCN(C(=O)OCc2ccccc2)CC1.FC1=C(F)CC(F)C=C1. The maximum absolute atomic E-state index is 12.5. The maximum Gasteiger partial charge on any atom is 0.410 e. The van der Waals surface area contributed by atoms with Crippen LogP contribution >= 0.6 is 0 Å². The first kappa shape index (κ1) is 37.5. The molecule has 0 saturated carbocycles. The summed E-state index contributed by atoms with van der Waals surface area (Å²) < 4.78 is 58.7. The molecule has 49 heavy (non-hydrogen) atoms. The Morgan fingerprint density at radius 3 is 2.35 bits per heavy atom. The molecule has 0 radical (unpaired) electrons. The van der Waals surface area contributed by atoms with Crippen LogP contribution in [0.3, 0.4) is 0 Å². The van der Waals surface area contributed by atoms with Crippen molar-refractivity contribution < 1.29 is 41.7 Å². The Hall–Kier alpha value is -4.33. The lowest BCUT2D eigenvalue weighted by Gasteiger charge is -2.35. The van der Waals surface area contributed by atoms with Crippen molar-refractivity contribution in [1.82, 2.24) is 20.2 Å². The molecule has 1 N–H and O–H groups in total. The van der Waals surface area contributed by atoms with E-state index in [4.69, 9.17) is 18.9 Å². The first-order valence-corrected chi connectivity index (χ1v) is 16.4. The molecular weight excluding hydrogens is 643 g/mol.